The van der Waals surface area contributed by atoms with E-state index < -0.39 is 0 Å². The summed E-state index contributed by atoms with van der Waals surface area (Å²) in [5.41, 5.74) is 9.34. The van der Waals surface area contributed by atoms with Gasteiger partial charge in [-0.15, -0.1) is 0 Å². The summed E-state index contributed by atoms with van der Waals surface area (Å²) in [7, 11) is 0. The number of aromatic nitrogens is 2. The number of rotatable bonds is 2. The van der Waals surface area contributed by atoms with Gasteiger partial charge in [0.1, 0.15) is 5.82 Å². The van der Waals surface area contributed by atoms with Crippen molar-refractivity contribution < 1.29 is 0 Å². The fraction of sp³-hybridized carbons (Fsp3) is 0.588. The summed E-state index contributed by atoms with van der Waals surface area (Å²) in [6, 6.07) is 6.47. The van der Waals surface area contributed by atoms with E-state index in [0.29, 0.717) is 12.5 Å². The van der Waals surface area contributed by atoms with Gasteiger partial charge in [-0.2, -0.15) is 0 Å². The van der Waals surface area contributed by atoms with Crippen LogP contribution >= 0.6 is 0 Å². The molecule has 1 saturated carbocycles. The van der Waals surface area contributed by atoms with Crippen molar-refractivity contribution >= 4 is 11.0 Å². The summed E-state index contributed by atoms with van der Waals surface area (Å²) < 4.78 is 2.44. The molecule has 3 heteroatoms. The van der Waals surface area contributed by atoms with Crippen LogP contribution in [0.2, 0.25) is 0 Å². The van der Waals surface area contributed by atoms with Crippen molar-refractivity contribution in [2.45, 2.75) is 64.5 Å². The number of imidazole rings is 1. The Kier molecular flexibility index (Phi) is 3.33. The molecule has 0 bridgehead atoms. The van der Waals surface area contributed by atoms with Gasteiger partial charge >= 0.3 is 0 Å². The van der Waals surface area contributed by atoms with Gasteiger partial charge in [0.25, 0.3) is 0 Å². The first-order chi connectivity index (χ1) is 9.50. The first kappa shape index (κ1) is 13.6. The van der Waals surface area contributed by atoms with E-state index in [-0.39, 0.29) is 5.54 Å². The SMILES string of the molecule is CC(C)(C)n1c(C2CCCC2)nc2cc(CN)ccc21. The third-order valence-corrected chi connectivity index (χ3v) is 4.37. The van der Waals surface area contributed by atoms with E-state index in [4.69, 9.17) is 10.7 Å². The average Bonchev–Trinajstić information content (AvgIpc) is 3.03. The van der Waals surface area contributed by atoms with E-state index in [1.54, 1.807) is 0 Å². The van der Waals surface area contributed by atoms with Crippen molar-refractivity contribution in [3.05, 3.63) is 29.6 Å². The molecule has 108 valence electrons. The Morgan fingerprint density at radius 2 is 1.95 bits per heavy atom. The first-order valence-corrected chi connectivity index (χ1v) is 7.72. The minimum atomic E-state index is 0.0664. The summed E-state index contributed by atoms with van der Waals surface area (Å²) in [5.74, 6) is 1.90. The standard InChI is InChI=1S/C17H25N3/c1-17(2,3)20-15-9-8-12(11-18)10-14(15)19-16(20)13-6-4-5-7-13/h8-10,13H,4-7,11,18H2,1-3H3. The third-order valence-electron chi connectivity index (χ3n) is 4.37. The lowest BCUT2D eigenvalue weighted by atomic mass is 10.0. The second-order valence-electron chi connectivity index (χ2n) is 6.98. The van der Waals surface area contributed by atoms with E-state index in [9.17, 15) is 0 Å². The first-order valence-electron chi connectivity index (χ1n) is 7.72. The molecule has 1 heterocycles. The van der Waals surface area contributed by atoms with Gasteiger partial charge < -0.3 is 10.3 Å². The highest BCUT2D eigenvalue weighted by Crippen LogP contribution is 2.37. The number of benzene rings is 1. The van der Waals surface area contributed by atoms with Crippen LogP contribution in [-0.2, 0) is 12.1 Å². The van der Waals surface area contributed by atoms with Crippen LogP contribution in [-0.4, -0.2) is 9.55 Å². The largest absolute Gasteiger partial charge is 0.326 e. The number of hydrogen-bond donors (Lipinski definition) is 1. The number of fused-ring (bicyclic) bond motifs is 1. The zero-order valence-electron chi connectivity index (χ0n) is 12.8. The Labute approximate surface area is 121 Å². The zero-order valence-corrected chi connectivity index (χ0v) is 12.8. The molecule has 0 saturated heterocycles. The van der Waals surface area contributed by atoms with Gasteiger partial charge in [-0.3, -0.25) is 0 Å². The second-order valence-corrected chi connectivity index (χ2v) is 6.98. The summed E-state index contributed by atoms with van der Waals surface area (Å²) in [4.78, 5) is 4.98. The molecule has 0 atom stereocenters. The summed E-state index contributed by atoms with van der Waals surface area (Å²) in [6.45, 7) is 7.38. The molecular weight excluding hydrogens is 246 g/mol. The van der Waals surface area contributed by atoms with E-state index >= 15 is 0 Å². The highest BCUT2D eigenvalue weighted by Gasteiger charge is 2.28. The van der Waals surface area contributed by atoms with E-state index in [1.807, 2.05) is 0 Å². The summed E-state index contributed by atoms with van der Waals surface area (Å²) in [6.07, 6.45) is 5.24. The molecule has 1 aliphatic carbocycles. The lowest BCUT2D eigenvalue weighted by molar-refractivity contribution is 0.383. The molecule has 3 rings (SSSR count). The highest BCUT2D eigenvalue weighted by molar-refractivity contribution is 5.77. The smallest absolute Gasteiger partial charge is 0.113 e. The van der Waals surface area contributed by atoms with Crippen molar-refractivity contribution in [2.75, 3.05) is 0 Å². The van der Waals surface area contributed by atoms with Crippen LogP contribution in [0.25, 0.3) is 11.0 Å². The van der Waals surface area contributed by atoms with Gasteiger partial charge in [0.05, 0.1) is 11.0 Å². The molecule has 20 heavy (non-hydrogen) atoms. The maximum absolute atomic E-state index is 5.76. The molecule has 1 aromatic heterocycles. The van der Waals surface area contributed by atoms with Crippen LogP contribution in [0.5, 0.6) is 0 Å². The Morgan fingerprint density at radius 3 is 2.55 bits per heavy atom. The van der Waals surface area contributed by atoms with Crippen LogP contribution in [0.4, 0.5) is 0 Å². The maximum atomic E-state index is 5.76. The predicted octanol–water partition coefficient (Wildman–Crippen LogP) is 3.91. The molecule has 0 aliphatic heterocycles. The van der Waals surface area contributed by atoms with Gasteiger partial charge in [-0.25, -0.2) is 4.98 Å². The van der Waals surface area contributed by atoms with Gasteiger partial charge in [0.2, 0.25) is 0 Å². The van der Waals surface area contributed by atoms with Crippen molar-refractivity contribution in [2.24, 2.45) is 5.73 Å². The molecule has 0 unspecified atom stereocenters. The minimum Gasteiger partial charge on any atom is -0.326 e. The Hall–Kier alpha value is -1.35. The summed E-state index contributed by atoms with van der Waals surface area (Å²) >= 11 is 0. The molecule has 2 aromatic rings. The monoisotopic (exact) mass is 271 g/mol. The molecule has 1 aromatic carbocycles. The van der Waals surface area contributed by atoms with Crippen molar-refractivity contribution in [1.29, 1.82) is 0 Å². The van der Waals surface area contributed by atoms with Crippen LogP contribution in [0, 0.1) is 0 Å². The topological polar surface area (TPSA) is 43.8 Å². The van der Waals surface area contributed by atoms with Crippen molar-refractivity contribution in [3.8, 4) is 0 Å². The number of nitrogens with two attached hydrogens (primary N) is 1. The maximum Gasteiger partial charge on any atom is 0.113 e. The van der Waals surface area contributed by atoms with Gasteiger partial charge in [0, 0.05) is 18.0 Å². The van der Waals surface area contributed by atoms with Crippen LogP contribution in [0.1, 0.15) is 63.8 Å². The second kappa shape index (κ2) is 4.88. The fourth-order valence-corrected chi connectivity index (χ4v) is 3.43. The molecule has 0 amide bonds. The molecule has 3 nitrogen and oxygen atoms in total. The Morgan fingerprint density at radius 1 is 1.25 bits per heavy atom. The van der Waals surface area contributed by atoms with E-state index in [1.165, 1.54) is 37.0 Å². The Bertz CT molecular complexity index is 613. The lowest BCUT2D eigenvalue weighted by Gasteiger charge is -2.26. The van der Waals surface area contributed by atoms with Crippen LogP contribution in [0.15, 0.2) is 18.2 Å². The molecule has 2 N–H and O–H groups in total. The van der Waals surface area contributed by atoms with Crippen molar-refractivity contribution in [3.63, 3.8) is 0 Å². The zero-order chi connectivity index (χ0) is 14.3. The Balaban J connectivity index is 2.21. The third kappa shape index (κ3) is 2.24. The number of nitrogens with zero attached hydrogens (tertiary/aromatic N) is 2. The quantitative estimate of drug-likeness (QED) is 0.900. The molecular formula is C17H25N3. The van der Waals surface area contributed by atoms with E-state index in [2.05, 4.69) is 43.5 Å². The van der Waals surface area contributed by atoms with E-state index in [0.717, 1.165) is 11.1 Å². The molecule has 0 spiro atoms. The van der Waals surface area contributed by atoms with Crippen LogP contribution < -0.4 is 5.73 Å². The van der Waals surface area contributed by atoms with Gasteiger partial charge in [0.15, 0.2) is 0 Å². The lowest BCUT2D eigenvalue weighted by Crippen LogP contribution is -2.25. The molecule has 0 radical (unpaired) electrons. The fourth-order valence-electron chi connectivity index (χ4n) is 3.43. The minimum absolute atomic E-state index is 0.0664. The average molecular weight is 271 g/mol. The van der Waals surface area contributed by atoms with Crippen LogP contribution in [0.3, 0.4) is 0 Å². The van der Waals surface area contributed by atoms with Gasteiger partial charge in [-0.1, -0.05) is 18.9 Å². The van der Waals surface area contributed by atoms with Gasteiger partial charge in [-0.05, 0) is 51.3 Å². The predicted molar refractivity (Wildman–Crippen MR) is 83.8 cm³/mol. The highest BCUT2D eigenvalue weighted by atomic mass is 15.1. The van der Waals surface area contributed by atoms with Crippen molar-refractivity contribution in [1.82, 2.24) is 9.55 Å². The normalized spacial score (nSPS) is 17.2. The molecule has 1 fully saturated rings. The number of hydrogen-bond acceptors (Lipinski definition) is 2. The summed E-state index contributed by atoms with van der Waals surface area (Å²) in [5, 5.41) is 0. The molecule has 1 aliphatic rings.